The number of nitrogens with one attached hydrogen (secondary N) is 1. The van der Waals surface area contributed by atoms with E-state index in [1.54, 1.807) is 43.6 Å². The minimum Gasteiger partial charge on any atom is -0.497 e. The molecular formula is C13H13N5O2. The summed E-state index contributed by atoms with van der Waals surface area (Å²) in [7, 11) is 3.21. The van der Waals surface area contributed by atoms with Gasteiger partial charge in [-0.3, -0.25) is 9.67 Å². The van der Waals surface area contributed by atoms with Crippen LogP contribution in [0.25, 0.3) is 17.3 Å². The summed E-state index contributed by atoms with van der Waals surface area (Å²) in [4.78, 5) is 8.39. The number of nitrogens with zero attached hydrogens (tertiary/aromatic N) is 4. The smallest absolute Gasteiger partial charge is 0.254 e. The van der Waals surface area contributed by atoms with Crippen molar-refractivity contribution in [2.75, 3.05) is 14.2 Å². The molecule has 0 atom stereocenters. The molecule has 3 rings (SSSR count). The van der Waals surface area contributed by atoms with Crippen LogP contribution in [0.15, 0.2) is 36.9 Å². The zero-order chi connectivity index (χ0) is 13.9. The van der Waals surface area contributed by atoms with E-state index in [-0.39, 0.29) is 0 Å². The molecule has 0 saturated heterocycles. The third-order valence-electron chi connectivity index (χ3n) is 2.87. The van der Waals surface area contributed by atoms with E-state index in [1.807, 2.05) is 12.1 Å². The van der Waals surface area contributed by atoms with Gasteiger partial charge in [0.1, 0.15) is 17.8 Å². The van der Waals surface area contributed by atoms with Crippen LogP contribution in [0.1, 0.15) is 0 Å². The highest BCUT2D eigenvalue weighted by Crippen LogP contribution is 2.31. The zero-order valence-corrected chi connectivity index (χ0v) is 11.1. The van der Waals surface area contributed by atoms with E-state index in [9.17, 15) is 0 Å². The summed E-state index contributed by atoms with van der Waals surface area (Å²) >= 11 is 0. The minimum absolute atomic E-state index is 0.523. The number of H-pyrrole nitrogens is 1. The van der Waals surface area contributed by atoms with E-state index in [1.165, 1.54) is 0 Å². The second kappa shape index (κ2) is 5.04. The molecule has 7 nitrogen and oxygen atoms in total. The van der Waals surface area contributed by atoms with Gasteiger partial charge in [0.2, 0.25) is 0 Å². The number of ether oxygens (including phenoxy) is 2. The van der Waals surface area contributed by atoms with E-state index < -0.39 is 0 Å². The highest BCUT2D eigenvalue weighted by molar-refractivity contribution is 5.65. The molecule has 0 aliphatic heterocycles. The standard InChI is InChI=1S/C13H13N5O2/c1-19-9-3-4-10(11(7-9)20-2)12-15-13(17-16-12)18-6-5-14-8-18/h3-8H,1-2H3,(H,15,16,17). The molecule has 0 fully saturated rings. The van der Waals surface area contributed by atoms with E-state index in [4.69, 9.17) is 9.47 Å². The Labute approximate surface area is 115 Å². The Kier molecular flexibility index (Phi) is 3.08. The molecule has 1 aromatic carbocycles. The van der Waals surface area contributed by atoms with Crippen LogP contribution < -0.4 is 9.47 Å². The van der Waals surface area contributed by atoms with Crippen molar-refractivity contribution in [3.63, 3.8) is 0 Å². The largest absolute Gasteiger partial charge is 0.497 e. The monoisotopic (exact) mass is 271 g/mol. The summed E-state index contributed by atoms with van der Waals surface area (Å²) in [5.74, 6) is 2.53. The summed E-state index contributed by atoms with van der Waals surface area (Å²) in [5.41, 5.74) is 0.812. The van der Waals surface area contributed by atoms with Crippen molar-refractivity contribution in [2.45, 2.75) is 0 Å². The first-order valence-electron chi connectivity index (χ1n) is 5.95. The van der Waals surface area contributed by atoms with Crippen LogP contribution in [0.3, 0.4) is 0 Å². The molecule has 0 spiro atoms. The van der Waals surface area contributed by atoms with Crippen molar-refractivity contribution in [2.24, 2.45) is 0 Å². The van der Waals surface area contributed by atoms with Crippen LogP contribution in [-0.2, 0) is 0 Å². The van der Waals surface area contributed by atoms with Gasteiger partial charge in [-0.1, -0.05) is 0 Å². The van der Waals surface area contributed by atoms with Crippen molar-refractivity contribution in [1.82, 2.24) is 24.7 Å². The quantitative estimate of drug-likeness (QED) is 0.781. The maximum Gasteiger partial charge on any atom is 0.254 e. The average molecular weight is 271 g/mol. The van der Waals surface area contributed by atoms with Gasteiger partial charge in [0.25, 0.3) is 5.95 Å². The van der Waals surface area contributed by atoms with Crippen LogP contribution in [0.5, 0.6) is 11.5 Å². The van der Waals surface area contributed by atoms with Gasteiger partial charge in [-0.2, -0.15) is 4.98 Å². The van der Waals surface area contributed by atoms with Gasteiger partial charge in [0, 0.05) is 18.5 Å². The lowest BCUT2D eigenvalue weighted by molar-refractivity contribution is 0.395. The lowest BCUT2D eigenvalue weighted by Crippen LogP contribution is -1.93. The maximum absolute atomic E-state index is 5.36. The first kappa shape index (κ1) is 12.2. The number of aromatic amines is 1. The molecule has 7 heteroatoms. The summed E-state index contributed by atoms with van der Waals surface area (Å²) in [6, 6.07) is 5.52. The Hall–Kier alpha value is -2.83. The fourth-order valence-corrected chi connectivity index (χ4v) is 1.86. The van der Waals surface area contributed by atoms with Gasteiger partial charge < -0.3 is 9.47 Å². The number of hydrogen-bond acceptors (Lipinski definition) is 5. The normalized spacial score (nSPS) is 10.5. The Bertz CT molecular complexity index is 705. The molecule has 102 valence electrons. The van der Waals surface area contributed by atoms with Crippen molar-refractivity contribution in [1.29, 1.82) is 0 Å². The number of rotatable bonds is 4. The molecule has 0 unspecified atom stereocenters. The number of aromatic nitrogens is 5. The first-order chi connectivity index (χ1) is 9.81. The third kappa shape index (κ3) is 2.09. The van der Waals surface area contributed by atoms with E-state index in [0.717, 1.165) is 11.3 Å². The second-order valence-corrected chi connectivity index (χ2v) is 4.02. The Morgan fingerprint density at radius 2 is 2.10 bits per heavy atom. The molecular weight excluding hydrogens is 258 g/mol. The molecule has 2 aromatic heterocycles. The Balaban J connectivity index is 2.01. The van der Waals surface area contributed by atoms with E-state index in [0.29, 0.717) is 17.5 Å². The van der Waals surface area contributed by atoms with Gasteiger partial charge >= 0.3 is 0 Å². The summed E-state index contributed by atoms with van der Waals surface area (Å²) in [5, 5.41) is 7.05. The molecule has 2 heterocycles. The van der Waals surface area contributed by atoms with Gasteiger partial charge in [0.05, 0.1) is 19.8 Å². The maximum atomic E-state index is 5.36. The lowest BCUT2D eigenvalue weighted by Gasteiger charge is -2.07. The predicted molar refractivity (Wildman–Crippen MR) is 72.0 cm³/mol. The average Bonchev–Trinajstić information content (AvgIpc) is 3.17. The van der Waals surface area contributed by atoms with Crippen LogP contribution >= 0.6 is 0 Å². The molecule has 0 radical (unpaired) electrons. The Morgan fingerprint density at radius 3 is 2.80 bits per heavy atom. The van der Waals surface area contributed by atoms with Crippen LogP contribution in [-0.4, -0.2) is 39.0 Å². The number of imidazole rings is 1. The molecule has 3 aromatic rings. The number of hydrogen-bond donors (Lipinski definition) is 1. The molecule has 1 N–H and O–H groups in total. The molecule has 0 saturated carbocycles. The zero-order valence-electron chi connectivity index (χ0n) is 11.1. The highest BCUT2D eigenvalue weighted by atomic mass is 16.5. The van der Waals surface area contributed by atoms with Gasteiger partial charge in [-0.25, -0.2) is 4.98 Å². The Morgan fingerprint density at radius 1 is 1.20 bits per heavy atom. The molecule has 0 amide bonds. The molecule has 0 bridgehead atoms. The first-order valence-corrected chi connectivity index (χ1v) is 5.95. The third-order valence-corrected chi connectivity index (χ3v) is 2.87. The minimum atomic E-state index is 0.523. The fourth-order valence-electron chi connectivity index (χ4n) is 1.86. The lowest BCUT2D eigenvalue weighted by atomic mass is 10.2. The summed E-state index contributed by atoms with van der Waals surface area (Å²) in [6.07, 6.45) is 5.08. The summed E-state index contributed by atoms with van der Waals surface area (Å²) < 4.78 is 12.2. The van der Waals surface area contributed by atoms with Gasteiger partial charge in [-0.05, 0) is 12.1 Å². The van der Waals surface area contributed by atoms with E-state index in [2.05, 4.69) is 20.2 Å². The fraction of sp³-hybridized carbons (Fsp3) is 0.154. The number of methoxy groups -OCH3 is 2. The van der Waals surface area contributed by atoms with Gasteiger partial charge in [-0.15, -0.1) is 5.10 Å². The topological polar surface area (TPSA) is 77.9 Å². The van der Waals surface area contributed by atoms with Crippen LogP contribution in [0.4, 0.5) is 0 Å². The van der Waals surface area contributed by atoms with Crippen LogP contribution in [0.2, 0.25) is 0 Å². The van der Waals surface area contributed by atoms with Crippen molar-refractivity contribution < 1.29 is 9.47 Å². The van der Waals surface area contributed by atoms with Crippen molar-refractivity contribution in [3.05, 3.63) is 36.9 Å². The number of benzene rings is 1. The van der Waals surface area contributed by atoms with Crippen molar-refractivity contribution >= 4 is 0 Å². The summed E-state index contributed by atoms with van der Waals surface area (Å²) in [6.45, 7) is 0. The van der Waals surface area contributed by atoms with Crippen LogP contribution in [0, 0.1) is 0 Å². The molecule has 0 aliphatic rings. The molecule has 0 aliphatic carbocycles. The second-order valence-electron chi connectivity index (χ2n) is 4.02. The highest BCUT2D eigenvalue weighted by Gasteiger charge is 2.12. The van der Waals surface area contributed by atoms with Gasteiger partial charge in [0.15, 0.2) is 5.82 Å². The SMILES string of the molecule is COc1ccc(-c2nc(-n3ccnc3)n[nH]2)c(OC)c1. The van der Waals surface area contributed by atoms with Crippen molar-refractivity contribution in [3.8, 4) is 28.8 Å². The molecule has 20 heavy (non-hydrogen) atoms. The predicted octanol–water partition coefficient (Wildman–Crippen LogP) is 1.67. The van der Waals surface area contributed by atoms with E-state index >= 15 is 0 Å².